The summed E-state index contributed by atoms with van der Waals surface area (Å²) in [7, 11) is 0. The predicted octanol–water partition coefficient (Wildman–Crippen LogP) is 5.32. The topological polar surface area (TPSA) is 71.8 Å². The predicted molar refractivity (Wildman–Crippen MR) is 115 cm³/mol. The Morgan fingerprint density at radius 3 is 2.83 bits per heavy atom. The smallest absolute Gasteiger partial charge is 0.200 e. The highest BCUT2D eigenvalue weighted by Gasteiger charge is 2.20. The molecule has 1 aromatic carbocycles. The van der Waals surface area contributed by atoms with Gasteiger partial charge in [-0.1, -0.05) is 30.2 Å². The molecule has 0 radical (unpaired) electrons. The van der Waals surface area contributed by atoms with Gasteiger partial charge in [0.1, 0.15) is 16.9 Å². The lowest BCUT2D eigenvalue weighted by atomic mass is 10.1. The second-order valence-corrected chi connectivity index (χ2v) is 8.89. The maximum atomic E-state index is 5.99. The molecule has 4 heterocycles. The summed E-state index contributed by atoms with van der Waals surface area (Å²) in [6, 6.07) is 9.59. The van der Waals surface area contributed by atoms with Crippen LogP contribution >= 0.6 is 22.9 Å². The number of halogens is 1. The lowest BCUT2D eigenvalue weighted by Crippen LogP contribution is -1.92. The van der Waals surface area contributed by atoms with Gasteiger partial charge in [-0.05, 0) is 49.4 Å². The average Bonchev–Trinajstić information content (AvgIpc) is 3.41. The third-order valence-electron chi connectivity index (χ3n) is 5.50. The Labute approximate surface area is 175 Å². The van der Waals surface area contributed by atoms with Crippen LogP contribution in [0.1, 0.15) is 29.7 Å². The molecule has 6 rings (SSSR count). The first-order chi connectivity index (χ1) is 14.3. The second-order valence-electron chi connectivity index (χ2n) is 7.37. The molecule has 0 fully saturated rings. The highest BCUT2D eigenvalue weighted by atomic mass is 35.5. The molecule has 0 spiro atoms. The van der Waals surface area contributed by atoms with Crippen molar-refractivity contribution >= 4 is 38.8 Å². The van der Waals surface area contributed by atoms with Crippen molar-refractivity contribution < 1.29 is 0 Å². The van der Waals surface area contributed by atoms with Crippen LogP contribution in [0.3, 0.4) is 0 Å². The molecule has 0 unspecified atom stereocenters. The zero-order chi connectivity index (χ0) is 19.4. The molecule has 1 aliphatic carbocycles. The monoisotopic (exact) mass is 420 g/mol. The molecular formula is C21H17ClN6S. The number of aryl methyl sites for hydroxylation is 2. The minimum absolute atomic E-state index is 0.626. The summed E-state index contributed by atoms with van der Waals surface area (Å²) in [4.78, 5) is 12.1. The van der Waals surface area contributed by atoms with E-state index in [-0.39, 0.29) is 0 Å². The number of hydrogen-bond acceptors (Lipinski definition) is 5. The van der Waals surface area contributed by atoms with Crippen LogP contribution in [0.5, 0.6) is 0 Å². The Morgan fingerprint density at radius 1 is 1.07 bits per heavy atom. The first-order valence-electron chi connectivity index (χ1n) is 9.73. The Bertz CT molecular complexity index is 1350. The zero-order valence-corrected chi connectivity index (χ0v) is 17.1. The summed E-state index contributed by atoms with van der Waals surface area (Å²) >= 11 is 7.80. The van der Waals surface area contributed by atoms with Crippen molar-refractivity contribution in [3.8, 4) is 22.8 Å². The van der Waals surface area contributed by atoms with Crippen molar-refractivity contribution in [2.45, 2.75) is 32.1 Å². The van der Waals surface area contributed by atoms with Gasteiger partial charge in [-0.2, -0.15) is 5.10 Å². The van der Waals surface area contributed by atoms with Gasteiger partial charge in [-0.25, -0.2) is 14.5 Å². The molecule has 8 heteroatoms. The van der Waals surface area contributed by atoms with Gasteiger partial charge in [-0.3, -0.25) is 5.10 Å². The van der Waals surface area contributed by atoms with E-state index < -0.39 is 0 Å². The van der Waals surface area contributed by atoms with E-state index in [1.165, 1.54) is 35.1 Å². The average molecular weight is 421 g/mol. The first kappa shape index (κ1) is 17.1. The molecule has 144 valence electrons. The Balaban J connectivity index is 1.47. The van der Waals surface area contributed by atoms with Crippen LogP contribution in [0.15, 0.2) is 36.7 Å². The normalized spacial score (nSPS) is 14.4. The molecule has 0 amide bonds. The van der Waals surface area contributed by atoms with Crippen LogP contribution in [-0.4, -0.2) is 29.8 Å². The maximum Gasteiger partial charge on any atom is 0.200 e. The van der Waals surface area contributed by atoms with Gasteiger partial charge >= 0.3 is 0 Å². The Kier molecular flexibility index (Phi) is 3.92. The fourth-order valence-electron chi connectivity index (χ4n) is 4.05. The van der Waals surface area contributed by atoms with Crippen LogP contribution in [0.4, 0.5) is 0 Å². The number of nitrogens with one attached hydrogen (secondary N) is 1. The summed E-state index contributed by atoms with van der Waals surface area (Å²) in [5, 5.41) is 14.0. The van der Waals surface area contributed by atoms with E-state index in [0.717, 1.165) is 40.3 Å². The van der Waals surface area contributed by atoms with Gasteiger partial charge in [0.05, 0.1) is 11.1 Å². The van der Waals surface area contributed by atoms with Gasteiger partial charge in [0.2, 0.25) is 0 Å². The van der Waals surface area contributed by atoms with E-state index in [9.17, 15) is 0 Å². The summed E-state index contributed by atoms with van der Waals surface area (Å²) in [6.07, 6.45) is 7.79. The molecule has 29 heavy (non-hydrogen) atoms. The number of aromatic nitrogens is 6. The number of nitrogens with zero attached hydrogens (tertiary/aromatic N) is 5. The molecule has 4 aromatic heterocycles. The van der Waals surface area contributed by atoms with Crippen molar-refractivity contribution in [3.05, 3.63) is 52.1 Å². The minimum atomic E-state index is 0.626. The van der Waals surface area contributed by atoms with Crippen molar-refractivity contribution in [1.29, 1.82) is 0 Å². The molecule has 0 atom stereocenters. The third kappa shape index (κ3) is 2.84. The van der Waals surface area contributed by atoms with Crippen LogP contribution in [0.25, 0.3) is 38.6 Å². The fraction of sp³-hybridized carbons (Fsp3) is 0.238. The molecule has 1 aliphatic rings. The van der Waals surface area contributed by atoms with Gasteiger partial charge < -0.3 is 0 Å². The highest BCUT2D eigenvalue weighted by Crippen LogP contribution is 2.36. The molecule has 0 aliphatic heterocycles. The second kappa shape index (κ2) is 6.64. The number of benzene rings is 1. The SMILES string of the molecule is Clc1ccc(-c2cc(-c3nc4c5c6c(sc5ncn4n3)CCCCC6)[nH]n2)cc1. The lowest BCUT2D eigenvalue weighted by molar-refractivity contribution is 0.713. The minimum Gasteiger partial charge on any atom is -0.274 e. The van der Waals surface area contributed by atoms with Gasteiger partial charge in [0.25, 0.3) is 0 Å². The molecule has 0 saturated heterocycles. The molecule has 1 N–H and O–H groups in total. The summed E-state index contributed by atoms with van der Waals surface area (Å²) in [5.41, 5.74) is 4.92. The van der Waals surface area contributed by atoms with Crippen LogP contribution in [-0.2, 0) is 12.8 Å². The zero-order valence-electron chi connectivity index (χ0n) is 15.5. The van der Waals surface area contributed by atoms with Crippen LogP contribution in [0, 0.1) is 0 Å². The molecular weight excluding hydrogens is 404 g/mol. The van der Waals surface area contributed by atoms with E-state index >= 15 is 0 Å². The number of aromatic amines is 1. The Hall–Kier alpha value is -2.77. The van der Waals surface area contributed by atoms with Crippen LogP contribution in [0.2, 0.25) is 5.02 Å². The number of H-pyrrole nitrogens is 1. The number of thiophene rings is 1. The van der Waals surface area contributed by atoms with Crippen LogP contribution < -0.4 is 0 Å². The van der Waals surface area contributed by atoms with E-state index in [1.54, 1.807) is 10.8 Å². The lowest BCUT2D eigenvalue weighted by Gasteiger charge is -1.98. The summed E-state index contributed by atoms with van der Waals surface area (Å²) in [6.45, 7) is 0. The molecule has 6 nitrogen and oxygen atoms in total. The van der Waals surface area contributed by atoms with Gasteiger partial charge in [0.15, 0.2) is 11.5 Å². The quantitative estimate of drug-likeness (QED) is 0.392. The van der Waals surface area contributed by atoms with Gasteiger partial charge in [-0.15, -0.1) is 16.4 Å². The van der Waals surface area contributed by atoms with Crippen molar-refractivity contribution in [2.24, 2.45) is 0 Å². The fourth-order valence-corrected chi connectivity index (χ4v) is 5.40. The molecule has 0 saturated carbocycles. The molecule has 5 aromatic rings. The maximum absolute atomic E-state index is 5.99. The largest absolute Gasteiger partial charge is 0.274 e. The first-order valence-corrected chi connectivity index (χ1v) is 10.9. The number of hydrogen-bond donors (Lipinski definition) is 1. The van der Waals surface area contributed by atoms with Crippen molar-refractivity contribution in [1.82, 2.24) is 29.8 Å². The van der Waals surface area contributed by atoms with Crippen molar-refractivity contribution in [2.75, 3.05) is 0 Å². The standard InChI is InChI=1S/C21H17ClN6S/c22-13-8-6-12(7-9-13)15-10-16(26-25-15)19-24-20-18-14-4-2-1-3-5-17(14)29-21(18)23-11-28(20)27-19/h6-11H,1-5H2,(H,25,26). The van der Waals surface area contributed by atoms with E-state index in [4.69, 9.17) is 16.6 Å². The van der Waals surface area contributed by atoms with Gasteiger partial charge in [0, 0.05) is 15.5 Å². The van der Waals surface area contributed by atoms with Crippen molar-refractivity contribution in [3.63, 3.8) is 0 Å². The number of fused-ring (bicyclic) bond motifs is 5. The summed E-state index contributed by atoms with van der Waals surface area (Å²) < 4.78 is 1.79. The van der Waals surface area contributed by atoms with E-state index in [1.807, 2.05) is 41.7 Å². The number of rotatable bonds is 2. The molecule has 0 bridgehead atoms. The van der Waals surface area contributed by atoms with E-state index in [0.29, 0.717) is 10.8 Å². The van der Waals surface area contributed by atoms with E-state index in [2.05, 4.69) is 20.3 Å². The summed E-state index contributed by atoms with van der Waals surface area (Å²) in [5.74, 6) is 0.626. The Morgan fingerprint density at radius 2 is 1.93 bits per heavy atom. The third-order valence-corrected chi connectivity index (χ3v) is 6.95. The highest BCUT2D eigenvalue weighted by molar-refractivity contribution is 7.19.